The van der Waals surface area contributed by atoms with Crippen LogP contribution in [-0.2, 0) is 0 Å². The molecule has 0 saturated heterocycles. The molecule has 108 valence electrons. The molecule has 3 nitrogen and oxygen atoms in total. The molecular weight excluding hydrogens is 222 g/mol. The van der Waals surface area contributed by atoms with Crippen LogP contribution >= 0.6 is 0 Å². The molecular formula is C15H33N3. The van der Waals surface area contributed by atoms with Crippen molar-refractivity contribution in [2.24, 2.45) is 0 Å². The minimum atomic E-state index is 0.458. The van der Waals surface area contributed by atoms with Gasteiger partial charge in [-0.3, -0.25) is 0 Å². The van der Waals surface area contributed by atoms with E-state index in [9.17, 15) is 0 Å². The lowest BCUT2D eigenvalue weighted by Crippen LogP contribution is -2.57. The molecule has 1 fully saturated rings. The highest BCUT2D eigenvalue weighted by molar-refractivity contribution is 4.98. The maximum atomic E-state index is 3.50. The molecule has 1 rings (SSSR count). The summed E-state index contributed by atoms with van der Waals surface area (Å²) in [4.78, 5) is 4.99. The number of rotatable bonds is 9. The molecule has 1 atom stereocenters. The average molecular weight is 255 g/mol. The zero-order valence-electron chi connectivity index (χ0n) is 13.1. The lowest BCUT2D eigenvalue weighted by Gasteiger charge is -2.50. The maximum absolute atomic E-state index is 3.50. The summed E-state index contributed by atoms with van der Waals surface area (Å²) in [5.74, 6) is 0. The molecule has 1 N–H and O–H groups in total. The normalized spacial score (nSPS) is 20.2. The Hall–Kier alpha value is -0.120. The SMILES string of the molecule is CCCNCCC(C)N(C)CC1(N(C)C)CCC1. The van der Waals surface area contributed by atoms with Gasteiger partial charge in [0.25, 0.3) is 0 Å². The summed E-state index contributed by atoms with van der Waals surface area (Å²) in [5, 5.41) is 3.50. The summed E-state index contributed by atoms with van der Waals surface area (Å²) in [7, 11) is 6.76. The van der Waals surface area contributed by atoms with Gasteiger partial charge in [-0.2, -0.15) is 0 Å². The van der Waals surface area contributed by atoms with Crippen molar-refractivity contribution in [1.82, 2.24) is 15.1 Å². The highest BCUT2D eigenvalue weighted by Crippen LogP contribution is 2.36. The van der Waals surface area contributed by atoms with Crippen LogP contribution < -0.4 is 5.32 Å². The van der Waals surface area contributed by atoms with Crippen LogP contribution in [0.2, 0.25) is 0 Å². The Bertz CT molecular complexity index is 224. The molecule has 0 radical (unpaired) electrons. The van der Waals surface area contributed by atoms with Crippen LogP contribution in [0, 0.1) is 0 Å². The van der Waals surface area contributed by atoms with Crippen molar-refractivity contribution >= 4 is 0 Å². The Kier molecular flexibility index (Phi) is 6.61. The van der Waals surface area contributed by atoms with E-state index >= 15 is 0 Å². The molecule has 1 aliphatic rings. The molecule has 18 heavy (non-hydrogen) atoms. The van der Waals surface area contributed by atoms with E-state index in [1.807, 2.05) is 0 Å². The van der Waals surface area contributed by atoms with E-state index in [1.165, 1.54) is 38.6 Å². The quantitative estimate of drug-likeness (QED) is 0.637. The van der Waals surface area contributed by atoms with Gasteiger partial charge in [0.15, 0.2) is 0 Å². The largest absolute Gasteiger partial charge is 0.317 e. The fourth-order valence-corrected chi connectivity index (χ4v) is 2.78. The molecule has 0 bridgehead atoms. The second kappa shape index (κ2) is 7.46. The third kappa shape index (κ3) is 4.22. The molecule has 0 aromatic carbocycles. The van der Waals surface area contributed by atoms with Crippen molar-refractivity contribution in [3.05, 3.63) is 0 Å². The molecule has 3 heteroatoms. The van der Waals surface area contributed by atoms with Gasteiger partial charge in [0.05, 0.1) is 0 Å². The number of likely N-dealkylation sites (N-methyl/N-ethyl adjacent to an activating group) is 2. The first-order valence-electron chi connectivity index (χ1n) is 7.60. The zero-order valence-corrected chi connectivity index (χ0v) is 13.1. The van der Waals surface area contributed by atoms with Crippen LogP contribution in [0.3, 0.4) is 0 Å². The predicted molar refractivity (Wildman–Crippen MR) is 80.1 cm³/mol. The first-order valence-corrected chi connectivity index (χ1v) is 7.60. The molecule has 0 spiro atoms. The van der Waals surface area contributed by atoms with E-state index in [0.717, 1.165) is 13.1 Å². The number of nitrogens with zero attached hydrogens (tertiary/aromatic N) is 2. The van der Waals surface area contributed by atoms with Gasteiger partial charge >= 0.3 is 0 Å². The van der Waals surface area contributed by atoms with Gasteiger partial charge in [0.1, 0.15) is 0 Å². The van der Waals surface area contributed by atoms with Crippen molar-refractivity contribution in [1.29, 1.82) is 0 Å². The van der Waals surface area contributed by atoms with E-state index in [4.69, 9.17) is 0 Å². The van der Waals surface area contributed by atoms with E-state index in [1.54, 1.807) is 0 Å². The Balaban J connectivity index is 2.28. The maximum Gasteiger partial charge on any atom is 0.0330 e. The van der Waals surface area contributed by atoms with Gasteiger partial charge in [-0.05, 0) is 73.3 Å². The lowest BCUT2D eigenvalue weighted by molar-refractivity contribution is 0.0173. The van der Waals surface area contributed by atoms with Crippen LogP contribution in [0.4, 0.5) is 0 Å². The zero-order chi connectivity index (χ0) is 13.6. The van der Waals surface area contributed by atoms with Crippen LogP contribution in [0.5, 0.6) is 0 Å². The van der Waals surface area contributed by atoms with Crippen molar-refractivity contribution < 1.29 is 0 Å². The molecule has 0 aromatic rings. The van der Waals surface area contributed by atoms with Crippen molar-refractivity contribution in [3.8, 4) is 0 Å². The van der Waals surface area contributed by atoms with Gasteiger partial charge in [0.2, 0.25) is 0 Å². The Morgan fingerprint density at radius 3 is 2.28 bits per heavy atom. The smallest absolute Gasteiger partial charge is 0.0330 e. The summed E-state index contributed by atoms with van der Waals surface area (Å²) in [6, 6.07) is 0.673. The highest BCUT2D eigenvalue weighted by atomic mass is 15.2. The first-order chi connectivity index (χ1) is 8.52. The van der Waals surface area contributed by atoms with Crippen LogP contribution in [0.15, 0.2) is 0 Å². The summed E-state index contributed by atoms with van der Waals surface area (Å²) >= 11 is 0. The number of hydrogen-bond acceptors (Lipinski definition) is 3. The summed E-state index contributed by atoms with van der Waals surface area (Å²) in [5.41, 5.74) is 0.458. The van der Waals surface area contributed by atoms with Gasteiger partial charge in [0, 0.05) is 18.1 Å². The minimum absolute atomic E-state index is 0.458. The third-order valence-electron chi connectivity index (χ3n) is 4.69. The standard InChI is InChI=1S/C15H33N3/c1-6-11-16-12-8-14(2)18(5)13-15(17(3)4)9-7-10-15/h14,16H,6-13H2,1-5H3. The van der Waals surface area contributed by atoms with Gasteiger partial charge < -0.3 is 15.1 Å². The van der Waals surface area contributed by atoms with Crippen LogP contribution in [0.1, 0.15) is 46.0 Å². The topological polar surface area (TPSA) is 18.5 Å². The molecule has 0 aliphatic heterocycles. The number of nitrogens with one attached hydrogen (secondary N) is 1. The Morgan fingerprint density at radius 1 is 1.17 bits per heavy atom. The van der Waals surface area contributed by atoms with E-state index < -0.39 is 0 Å². The van der Waals surface area contributed by atoms with Gasteiger partial charge in [-0.15, -0.1) is 0 Å². The second-order valence-electron chi connectivity index (χ2n) is 6.28. The predicted octanol–water partition coefficient (Wildman–Crippen LogP) is 2.18. The fourth-order valence-electron chi connectivity index (χ4n) is 2.78. The highest BCUT2D eigenvalue weighted by Gasteiger charge is 2.40. The van der Waals surface area contributed by atoms with Crippen molar-refractivity contribution in [2.45, 2.75) is 57.5 Å². The Labute approximate surface area is 114 Å². The first kappa shape index (κ1) is 15.9. The summed E-state index contributed by atoms with van der Waals surface area (Å²) in [6.07, 6.45) is 6.61. The van der Waals surface area contributed by atoms with Crippen molar-refractivity contribution in [3.63, 3.8) is 0 Å². The Morgan fingerprint density at radius 2 is 1.83 bits per heavy atom. The molecule has 0 heterocycles. The third-order valence-corrected chi connectivity index (χ3v) is 4.69. The molecule has 0 amide bonds. The number of hydrogen-bond donors (Lipinski definition) is 1. The molecule has 1 saturated carbocycles. The monoisotopic (exact) mass is 255 g/mol. The van der Waals surface area contributed by atoms with Crippen molar-refractivity contribution in [2.75, 3.05) is 40.8 Å². The van der Waals surface area contributed by atoms with Gasteiger partial charge in [-0.25, -0.2) is 0 Å². The second-order valence-corrected chi connectivity index (χ2v) is 6.28. The molecule has 1 aliphatic carbocycles. The van der Waals surface area contributed by atoms with E-state index in [0.29, 0.717) is 11.6 Å². The average Bonchev–Trinajstić information content (AvgIpc) is 2.28. The molecule has 1 unspecified atom stereocenters. The minimum Gasteiger partial charge on any atom is -0.317 e. The molecule has 0 aromatic heterocycles. The lowest BCUT2D eigenvalue weighted by atomic mass is 9.75. The van der Waals surface area contributed by atoms with E-state index in [2.05, 4.69) is 50.1 Å². The van der Waals surface area contributed by atoms with Gasteiger partial charge in [-0.1, -0.05) is 6.92 Å². The van der Waals surface area contributed by atoms with E-state index in [-0.39, 0.29) is 0 Å². The van der Waals surface area contributed by atoms with Crippen LogP contribution in [0.25, 0.3) is 0 Å². The summed E-state index contributed by atoms with van der Waals surface area (Å²) < 4.78 is 0. The fraction of sp³-hybridized carbons (Fsp3) is 1.00. The van der Waals surface area contributed by atoms with Crippen LogP contribution in [-0.4, -0.2) is 62.2 Å². The summed E-state index contributed by atoms with van der Waals surface area (Å²) in [6.45, 7) is 8.09.